The first-order valence-electron chi connectivity index (χ1n) is 9.34. The highest BCUT2D eigenvalue weighted by Gasteiger charge is 2.33. The van der Waals surface area contributed by atoms with E-state index in [1.54, 1.807) is 0 Å². The quantitative estimate of drug-likeness (QED) is 0.625. The number of likely N-dealkylation sites (tertiary alicyclic amines) is 1. The molecule has 1 amide bonds. The summed E-state index contributed by atoms with van der Waals surface area (Å²) >= 11 is 0. The highest BCUT2D eigenvalue weighted by atomic mass is 16.5. The molecular weight excluding hydrogens is 310 g/mol. The van der Waals surface area contributed by atoms with E-state index in [0.29, 0.717) is 26.2 Å². The molecule has 3 fully saturated rings. The molecule has 0 spiro atoms. The van der Waals surface area contributed by atoms with Crippen molar-refractivity contribution in [2.75, 3.05) is 45.9 Å². The number of ether oxygens (including phenoxy) is 2. The molecule has 24 heavy (non-hydrogen) atoms. The number of hydrogen-bond donors (Lipinski definition) is 3. The van der Waals surface area contributed by atoms with Gasteiger partial charge in [-0.1, -0.05) is 0 Å². The van der Waals surface area contributed by atoms with E-state index in [1.165, 1.54) is 12.8 Å². The maximum Gasteiger partial charge on any atom is 0.222 e. The number of nitrogens with one attached hydrogen (secondary N) is 2. The summed E-state index contributed by atoms with van der Waals surface area (Å²) in [6.45, 7) is 5.33. The van der Waals surface area contributed by atoms with Crippen molar-refractivity contribution in [1.82, 2.24) is 15.5 Å². The third-order valence-electron chi connectivity index (χ3n) is 5.19. The van der Waals surface area contributed by atoms with E-state index < -0.39 is 6.10 Å². The maximum absolute atomic E-state index is 12.1. The van der Waals surface area contributed by atoms with Crippen LogP contribution in [0, 0.1) is 0 Å². The van der Waals surface area contributed by atoms with Crippen LogP contribution >= 0.6 is 0 Å². The predicted molar refractivity (Wildman–Crippen MR) is 89.8 cm³/mol. The summed E-state index contributed by atoms with van der Waals surface area (Å²) in [6, 6.07) is 0.203. The highest BCUT2D eigenvalue weighted by Crippen LogP contribution is 2.23. The average Bonchev–Trinajstić information content (AvgIpc) is 3.05. The zero-order valence-corrected chi connectivity index (χ0v) is 14.4. The zero-order valence-electron chi connectivity index (χ0n) is 14.4. The van der Waals surface area contributed by atoms with Gasteiger partial charge in [-0.05, 0) is 38.8 Å². The van der Waals surface area contributed by atoms with E-state index in [2.05, 4.69) is 15.5 Å². The summed E-state index contributed by atoms with van der Waals surface area (Å²) in [5.74, 6) is 0.0767. The van der Waals surface area contributed by atoms with Gasteiger partial charge in [0.15, 0.2) is 0 Å². The van der Waals surface area contributed by atoms with Gasteiger partial charge in [-0.15, -0.1) is 0 Å². The summed E-state index contributed by atoms with van der Waals surface area (Å²) in [7, 11) is 0. The average molecular weight is 341 g/mol. The molecule has 3 aliphatic heterocycles. The van der Waals surface area contributed by atoms with Gasteiger partial charge >= 0.3 is 0 Å². The molecule has 4 atom stereocenters. The molecule has 0 saturated carbocycles. The third kappa shape index (κ3) is 5.39. The molecule has 0 aliphatic carbocycles. The number of rotatable bonds is 5. The largest absolute Gasteiger partial charge is 0.389 e. The minimum atomic E-state index is -0.454. The number of carbonyl (C=O) groups excluding carboxylic acids is 1. The second kappa shape index (κ2) is 9.10. The number of nitrogens with zero attached hydrogens (tertiary/aromatic N) is 1. The topological polar surface area (TPSA) is 83.1 Å². The molecule has 0 unspecified atom stereocenters. The summed E-state index contributed by atoms with van der Waals surface area (Å²) in [5, 5.41) is 16.0. The minimum absolute atomic E-state index is 0.0337. The van der Waals surface area contributed by atoms with Crippen molar-refractivity contribution in [2.24, 2.45) is 0 Å². The van der Waals surface area contributed by atoms with Crippen LogP contribution in [-0.2, 0) is 14.3 Å². The SMILES string of the molecule is O=C(C[C@H]1CC[C@H]2NC[C@H](O)COC[C@@H]2O1)NCCN1CCCC1. The summed E-state index contributed by atoms with van der Waals surface area (Å²) in [4.78, 5) is 14.5. The Labute approximate surface area is 144 Å². The lowest BCUT2D eigenvalue weighted by Gasteiger charge is -2.38. The molecule has 0 aromatic heterocycles. The van der Waals surface area contributed by atoms with Crippen molar-refractivity contribution in [3.63, 3.8) is 0 Å². The van der Waals surface area contributed by atoms with E-state index in [4.69, 9.17) is 9.47 Å². The molecule has 3 rings (SSSR count). The zero-order chi connectivity index (χ0) is 16.8. The Kier molecular flexibility index (Phi) is 6.85. The fraction of sp³-hybridized carbons (Fsp3) is 0.941. The second-order valence-corrected chi connectivity index (χ2v) is 7.18. The van der Waals surface area contributed by atoms with Gasteiger partial charge < -0.3 is 30.1 Å². The standard InChI is InChI=1S/C17H31N3O4/c21-13-10-19-15-4-3-14(24-16(15)12-23-11-13)9-17(22)18-5-8-20-6-1-2-7-20/h13-16,19,21H,1-12H2,(H,18,22)/t13-,14+,15+,16-/m0/s1. The van der Waals surface area contributed by atoms with Crippen molar-refractivity contribution < 1.29 is 19.4 Å². The molecule has 0 aromatic carbocycles. The number of β-amino-alcohol motifs (C(OH)–C–C–N with tert-alkyl or cyclic N) is 1. The van der Waals surface area contributed by atoms with Crippen molar-refractivity contribution in [1.29, 1.82) is 0 Å². The highest BCUT2D eigenvalue weighted by molar-refractivity contribution is 5.76. The number of aliphatic hydroxyl groups excluding tert-OH is 1. The van der Waals surface area contributed by atoms with Crippen LogP contribution < -0.4 is 10.6 Å². The Balaban J connectivity index is 1.35. The molecule has 0 aromatic rings. The lowest BCUT2D eigenvalue weighted by Crippen LogP contribution is -2.54. The van der Waals surface area contributed by atoms with Crippen molar-refractivity contribution in [3.8, 4) is 0 Å². The molecular formula is C17H31N3O4. The number of fused-ring (bicyclic) bond motifs is 1. The van der Waals surface area contributed by atoms with Crippen molar-refractivity contribution in [2.45, 2.75) is 56.5 Å². The van der Waals surface area contributed by atoms with Gasteiger partial charge in [0.2, 0.25) is 5.91 Å². The van der Waals surface area contributed by atoms with Gasteiger partial charge in [0, 0.05) is 25.7 Å². The molecule has 3 heterocycles. The van der Waals surface area contributed by atoms with E-state index in [0.717, 1.165) is 39.0 Å². The Morgan fingerprint density at radius 3 is 2.92 bits per heavy atom. The van der Waals surface area contributed by atoms with Crippen LogP contribution in [0.4, 0.5) is 0 Å². The second-order valence-electron chi connectivity index (χ2n) is 7.18. The van der Waals surface area contributed by atoms with Crippen LogP contribution in [0.25, 0.3) is 0 Å². The van der Waals surface area contributed by atoms with Gasteiger partial charge in [0.05, 0.1) is 37.9 Å². The Bertz CT molecular complexity index is 403. The minimum Gasteiger partial charge on any atom is -0.389 e. The van der Waals surface area contributed by atoms with Gasteiger partial charge in [-0.25, -0.2) is 0 Å². The summed E-state index contributed by atoms with van der Waals surface area (Å²) in [5.41, 5.74) is 0. The molecule has 7 heteroatoms. The van der Waals surface area contributed by atoms with Gasteiger partial charge in [0.1, 0.15) is 0 Å². The molecule has 138 valence electrons. The van der Waals surface area contributed by atoms with Gasteiger partial charge in [0.25, 0.3) is 0 Å². The van der Waals surface area contributed by atoms with E-state index in [9.17, 15) is 9.90 Å². The molecule has 7 nitrogen and oxygen atoms in total. The molecule has 3 aliphatic rings. The first kappa shape index (κ1) is 18.1. The Hall–Kier alpha value is -0.730. The maximum atomic E-state index is 12.1. The number of hydrogen-bond acceptors (Lipinski definition) is 6. The third-order valence-corrected chi connectivity index (χ3v) is 5.19. The lowest BCUT2D eigenvalue weighted by atomic mass is 9.96. The van der Waals surface area contributed by atoms with Crippen LogP contribution in [0.3, 0.4) is 0 Å². The van der Waals surface area contributed by atoms with Crippen LogP contribution in [0.2, 0.25) is 0 Å². The normalized spacial score (nSPS) is 35.0. The van der Waals surface area contributed by atoms with E-state index in [-0.39, 0.29) is 24.2 Å². The fourth-order valence-corrected chi connectivity index (χ4v) is 3.81. The number of amides is 1. The van der Waals surface area contributed by atoms with Gasteiger partial charge in [-0.3, -0.25) is 4.79 Å². The van der Waals surface area contributed by atoms with Crippen molar-refractivity contribution in [3.05, 3.63) is 0 Å². The van der Waals surface area contributed by atoms with Crippen LogP contribution in [0.15, 0.2) is 0 Å². The monoisotopic (exact) mass is 341 g/mol. The van der Waals surface area contributed by atoms with Crippen LogP contribution in [0.1, 0.15) is 32.1 Å². The Morgan fingerprint density at radius 1 is 1.25 bits per heavy atom. The molecule has 3 saturated heterocycles. The first-order valence-corrected chi connectivity index (χ1v) is 9.34. The van der Waals surface area contributed by atoms with E-state index in [1.807, 2.05) is 0 Å². The molecule has 0 bridgehead atoms. The molecule has 0 radical (unpaired) electrons. The first-order chi connectivity index (χ1) is 11.7. The van der Waals surface area contributed by atoms with Crippen LogP contribution in [0.5, 0.6) is 0 Å². The summed E-state index contributed by atoms with van der Waals surface area (Å²) < 4.78 is 11.6. The van der Waals surface area contributed by atoms with E-state index >= 15 is 0 Å². The van der Waals surface area contributed by atoms with Gasteiger partial charge in [-0.2, -0.15) is 0 Å². The molecule has 3 N–H and O–H groups in total. The summed E-state index contributed by atoms with van der Waals surface area (Å²) in [6.07, 6.45) is 4.27. The smallest absolute Gasteiger partial charge is 0.222 e. The van der Waals surface area contributed by atoms with Crippen molar-refractivity contribution >= 4 is 5.91 Å². The Morgan fingerprint density at radius 2 is 2.08 bits per heavy atom. The number of carbonyl (C=O) groups is 1. The predicted octanol–water partition coefficient (Wildman–Crippen LogP) is -0.515. The number of aliphatic hydroxyl groups is 1. The lowest BCUT2D eigenvalue weighted by molar-refractivity contribution is -0.137. The van der Waals surface area contributed by atoms with Crippen LogP contribution in [-0.4, -0.2) is 86.2 Å². The fourth-order valence-electron chi connectivity index (χ4n) is 3.81.